The van der Waals surface area contributed by atoms with Gasteiger partial charge in [0.05, 0.1) is 12.2 Å². The van der Waals surface area contributed by atoms with Crippen molar-refractivity contribution in [3.8, 4) is 16.3 Å². The van der Waals surface area contributed by atoms with E-state index in [0.717, 1.165) is 34.2 Å². The second-order valence-corrected chi connectivity index (χ2v) is 4.88. The van der Waals surface area contributed by atoms with Crippen LogP contribution in [-0.2, 0) is 6.42 Å². The minimum atomic E-state index is 0.649. The third kappa shape index (κ3) is 3.05. The molecule has 2 N–H and O–H groups in total. The summed E-state index contributed by atoms with van der Waals surface area (Å²) in [5, 5.41) is 10.4. The minimum Gasteiger partial charge on any atom is -0.493 e. The van der Waals surface area contributed by atoms with E-state index in [0.29, 0.717) is 13.2 Å². The van der Waals surface area contributed by atoms with Crippen molar-refractivity contribution < 1.29 is 4.74 Å². The molecule has 2 aromatic rings. The van der Waals surface area contributed by atoms with Gasteiger partial charge < -0.3 is 10.5 Å². The molecule has 0 aliphatic heterocycles. The van der Waals surface area contributed by atoms with E-state index < -0.39 is 0 Å². The van der Waals surface area contributed by atoms with Crippen LogP contribution in [0.1, 0.15) is 18.4 Å². The van der Waals surface area contributed by atoms with Crippen LogP contribution < -0.4 is 10.5 Å². The molecule has 0 amide bonds. The summed E-state index contributed by atoms with van der Waals surface area (Å²) in [5.41, 5.74) is 6.50. The smallest absolute Gasteiger partial charge is 0.151 e. The Hall–Kier alpha value is -1.46. The van der Waals surface area contributed by atoms with Gasteiger partial charge in [-0.25, -0.2) is 0 Å². The third-order valence-electron chi connectivity index (χ3n) is 2.48. The van der Waals surface area contributed by atoms with Gasteiger partial charge in [0, 0.05) is 6.42 Å². The van der Waals surface area contributed by atoms with Crippen LogP contribution in [-0.4, -0.2) is 23.3 Å². The van der Waals surface area contributed by atoms with Crippen molar-refractivity contribution in [1.82, 2.24) is 10.2 Å². The number of nitrogens with zero attached hydrogens (tertiary/aromatic N) is 2. The molecule has 18 heavy (non-hydrogen) atoms. The maximum Gasteiger partial charge on any atom is 0.151 e. The summed E-state index contributed by atoms with van der Waals surface area (Å²) in [6, 6.07) is 7.92. The summed E-state index contributed by atoms with van der Waals surface area (Å²) in [6.45, 7) is 3.31. The third-order valence-corrected chi connectivity index (χ3v) is 3.50. The fourth-order valence-electron chi connectivity index (χ4n) is 1.64. The molecule has 4 nitrogen and oxygen atoms in total. The van der Waals surface area contributed by atoms with Gasteiger partial charge in [-0.3, -0.25) is 0 Å². The molecule has 0 radical (unpaired) electrons. The number of nitrogens with two attached hydrogens (primary N) is 1. The minimum absolute atomic E-state index is 0.649. The van der Waals surface area contributed by atoms with Crippen LogP contribution in [0, 0.1) is 0 Å². The Morgan fingerprint density at radius 3 is 2.89 bits per heavy atom. The first kappa shape index (κ1) is 13.0. The number of ether oxygens (including phenoxy) is 1. The Balaban J connectivity index is 2.22. The van der Waals surface area contributed by atoms with Crippen molar-refractivity contribution in [1.29, 1.82) is 0 Å². The lowest BCUT2D eigenvalue weighted by Gasteiger charge is -2.06. The molecule has 1 heterocycles. The van der Waals surface area contributed by atoms with Gasteiger partial charge >= 0.3 is 0 Å². The first-order valence-corrected chi connectivity index (χ1v) is 6.91. The van der Waals surface area contributed by atoms with E-state index in [9.17, 15) is 0 Å². The van der Waals surface area contributed by atoms with Crippen LogP contribution in [0.3, 0.4) is 0 Å². The molecule has 1 aromatic heterocycles. The molecule has 0 unspecified atom stereocenters. The van der Waals surface area contributed by atoms with Crippen LogP contribution >= 0.6 is 11.3 Å². The highest BCUT2D eigenvalue weighted by molar-refractivity contribution is 7.14. The van der Waals surface area contributed by atoms with E-state index in [1.807, 2.05) is 31.2 Å². The van der Waals surface area contributed by atoms with E-state index >= 15 is 0 Å². The van der Waals surface area contributed by atoms with Crippen LogP contribution in [0.4, 0.5) is 0 Å². The van der Waals surface area contributed by atoms with Gasteiger partial charge in [0.1, 0.15) is 10.8 Å². The first-order valence-electron chi connectivity index (χ1n) is 6.09. The van der Waals surface area contributed by atoms with Crippen molar-refractivity contribution in [3.05, 3.63) is 29.3 Å². The number of benzene rings is 1. The number of hydrogen-bond acceptors (Lipinski definition) is 5. The Morgan fingerprint density at radius 1 is 1.28 bits per heavy atom. The molecule has 0 saturated heterocycles. The highest BCUT2D eigenvalue weighted by Crippen LogP contribution is 2.32. The quantitative estimate of drug-likeness (QED) is 0.870. The van der Waals surface area contributed by atoms with E-state index in [4.69, 9.17) is 10.5 Å². The van der Waals surface area contributed by atoms with Crippen LogP contribution in [0.25, 0.3) is 10.6 Å². The number of para-hydroxylation sites is 1. The van der Waals surface area contributed by atoms with Gasteiger partial charge in [-0.1, -0.05) is 23.5 Å². The SMILES string of the molecule is CCOc1ccccc1-c1nnc(CCCN)s1. The van der Waals surface area contributed by atoms with E-state index in [1.165, 1.54) is 0 Å². The van der Waals surface area contributed by atoms with Crippen LogP contribution in [0.2, 0.25) is 0 Å². The standard InChI is InChI=1S/C13H17N3OS/c1-2-17-11-7-4-3-6-10(11)13-16-15-12(18-13)8-5-9-14/h3-4,6-7H,2,5,8-9,14H2,1H3. The summed E-state index contributed by atoms with van der Waals surface area (Å²) in [7, 11) is 0. The van der Waals surface area contributed by atoms with E-state index in [1.54, 1.807) is 11.3 Å². The highest BCUT2D eigenvalue weighted by atomic mass is 32.1. The second-order valence-electron chi connectivity index (χ2n) is 3.82. The van der Waals surface area contributed by atoms with Crippen molar-refractivity contribution in [3.63, 3.8) is 0 Å². The monoisotopic (exact) mass is 263 g/mol. The van der Waals surface area contributed by atoms with Gasteiger partial charge in [0.25, 0.3) is 0 Å². The summed E-state index contributed by atoms with van der Waals surface area (Å²) in [6.07, 6.45) is 1.84. The van der Waals surface area contributed by atoms with Crippen molar-refractivity contribution in [2.24, 2.45) is 5.73 Å². The fraction of sp³-hybridized carbons (Fsp3) is 0.385. The Morgan fingerprint density at radius 2 is 2.11 bits per heavy atom. The molecule has 0 aliphatic carbocycles. The molecule has 96 valence electrons. The van der Waals surface area contributed by atoms with E-state index in [-0.39, 0.29) is 0 Å². The van der Waals surface area contributed by atoms with Gasteiger partial charge in [0.2, 0.25) is 0 Å². The maximum atomic E-state index is 5.60. The average Bonchev–Trinajstić information content (AvgIpc) is 2.86. The molecule has 0 fully saturated rings. The topological polar surface area (TPSA) is 61.0 Å². The Kier molecular flexibility index (Phi) is 4.66. The average molecular weight is 263 g/mol. The molecule has 0 aliphatic rings. The van der Waals surface area contributed by atoms with E-state index in [2.05, 4.69) is 10.2 Å². The normalized spacial score (nSPS) is 10.6. The zero-order valence-electron chi connectivity index (χ0n) is 10.4. The zero-order chi connectivity index (χ0) is 12.8. The number of aryl methyl sites for hydroxylation is 1. The predicted octanol–water partition coefficient (Wildman–Crippen LogP) is 2.50. The lowest BCUT2D eigenvalue weighted by Crippen LogP contribution is -1.99. The van der Waals surface area contributed by atoms with Crippen molar-refractivity contribution >= 4 is 11.3 Å². The van der Waals surface area contributed by atoms with Gasteiger partial charge in [0.15, 0.2) is 5.01 Å². The highest BCUT2D eigenvalue weighted by Gasteiger charge is 2.11. The summed E-state index contributed by atoms with van der Waals surface area (Å²) < 4.78 is 5.60. The molecule has 0 atom stereocenters. The molecule has 1 aromatic carbocycles. The first-order chi connectivity index (χ1) is 8.85. The maximum absolute atomic E-state index is 5.60. The molecule has 2 rings (SSSR count). The lowest BCUT2D eigenvalue weighted by atomic mass is 10.2. The summed E-state index contributed by atoms with van der Waals surface area (Å²) in [5.74, 6) is 0.863. The zero-order valence-corrected chi connectivity index (χ0v) is 11.2. The van der Waals surface area contributed by atoms with Crippen molar-refractivity contribution in [2.45, 2.75) is 19.8 Å². The van der Waals surface area contributed by atoms with Crippen molar-refractivity contribution in [2.75, 3.05) is 13.2 Å². The molecule has 0 saturated carbocycles. The number of hydrogen-bond donors (Lipinski definition) is 1. The number of aromatic nitrogens is 2. The lowest BCUT2D eigenvalue weighted by molar-refractivity contribution is 0.341. The molecule has 0 spiro atoms. The van der Waals surface area contributed by atoms with Crippen LogP contribution in [0.15, 0.2) is 24.3 Å². The second kappa shape index (κ2) is 6.47. The summed E-state index contributed by atoms with van der Waals surface area (Å²) in [4.78, 5) is 0. The molecular weight excluding hydrogens is 246 g/mol. The fourth-order valence-corrected chi connectivity index (χ4v) is 2.55. The van der Waals surface area contributed by atoms with Gasteiger partial charge in [-0.2, -0.15) is 0 Å². The number of rotatable bonds is 6. The predicted molar refractivity (Wildman–Crippen MR) is 73.9 cm³/mol. The Bertz CT molecular complexity index is 498. The van der Waals surface area contributed by atoms with Crippen LogP contribution in [0.5, 0.6) is 5.75 Å². The van der Waals surface area contributed by atoms with Gasteiger partial charge in [-0.05, 0) is 32.0 Å². The van der Waals surface area contributed by atoms with Gasteiger partial charge in [-0.15, -0.1) is 10.2 Å². The molecule has 5 heteroatoms. The Labute approximate surface area is 111 Å². The molecule has 0 bridgehead atoms. The summed E-state index contributed by atoms with van der Waals surface area (Å²) >= 11 is 1.61. The molecular formula is C13H17N3OS. The largest absolute Gasteiger partial charge is 0.493 e.